The number of halogens is 1. The smallest absolute Gasteiger partial charge is 0.335 e. The number of nitrogens with two attached hydrogens (primary N) is 1. The summed E-state index contributed by atoms with van der Waals surface area (Å²) in [6.45, 7) is 0.0359. The van der Waals surface area contributed by atoms with Gasteiger partial charge in [-0.1, -0.05) is 28.1 Å². The van der Waals surface area contributed by atoms with Crippen molar-refractivity contribution in [3.8, 4) is 0 Å². The molecule has 0 heterocycles. The Hall–Kier alpha value is -1.90. The summed E-state index contributed by atoms with van der Waals surface area (Å²) in [5, 5.41) is 8.81. The number of hydrogen-bond acceptors (Lipinski definition) is 4. The van der Waals surface area contributed by atoms with E-state index in [2.05, 4.69) is 20.7 Å². The minimum atomic E-state index is -3.76. The summed E-state index contributed by atoms with van der Waals surface area (Å²) >= 11 is 3.20. The maximum atomic E-state index is 12.2. The highest BCUT2D eigenvalue weighted by Crippen LogP contribution is 2.23. The van der Waals surface area contributed by atoms with Crippen LogP contribution in [0.25, 0.3) is 0 Å². The number of nitrogen functional groups attached to an aromatic ring is 1. The number of benzene rings is 2. The van der Waals surface area contributed by atoms with Crippen LogP contribution < -0.4 is 10.5 Å². The summed E-state index contributed by atoms with van der Waals surface area (Å²) in [5.74, 6) is -1.03. The van der Waals surface area contributed by atoms with E-state index in [4.69, 9.17) is 10.8 Å². The summed E-state index contributed by atoms with van der Waals surface area (Å²) in [5.41, 5.74) is 6.62. The largest absolute Gasteiger partial charge is 0.478 e. The number of carboxylic acid groups (broad SMARTS) is 1. The van der Waals surface area contributed by atoms with E-state index in [1.165, 1.54) is 24.3 Å². The van der Waals surface area contributed by atoms with Crippen molar-refractivity contribution in [2.75, 3.05) is 5.73 Å². The SMILES string of the molecule is Nc1ccc(Br)cc1S(=O)(=O)NCc1ccc(C(=O)O)cc1. The van der Waals surface area contributed by atoms with Gasteiger partial charge in [-0.3, -0.25) is 0 Å². The van der Waals surface area contributed by atoms with Crippen LogP contribution in [0.15, 0.2) is 51.8 Å². The highest BCUT2D eigenvalue weighted by atomic mass is 79.9. The standard InChI is InChI=1S/C14H13BrN2O4S/c15-11-5-6-12(16)13(7-11)22(20,21)17-8-9-1-3-10(4-2-9)14(18)19/h1-7,17H,8,16H2,(H,18,19). The van der Waals surface area contributed by atoms with E-state index >= 15 is 0 Å². The Balaban J connectivity index is 2.16. The van der Waals surface area contributed by atoms with Gasteiger partial charge in [-0.15, -0.1) is 0 Å². The van der Waals surface area contributed by atoms with Gasteiger partial charge < -0.3 is 10.8 Å². The lowest BCUT2D eigenvalue weighted by Crippen LogP contribution is -2.24. The lowest BCUT2D eigenvalue weighted by Gasteiger charge is -2.10. The summed E-state index contributed by atoms with van der Waals surface area (Å²) in [6, 6.07) is 10.5. The number of carbonyl (C=O) groups is 1. The molecular formula is C14H13BrN2O4S. The molecule has 0 atom stereocenters. The van der Waals surface area contributed by atoms with Crippen LogP contribution >= 0.6 is 15.9 Å². The molecule has 2 aromatic carbocycles. The van der Waals surface area contributed by atoms with Gasteiger partial charge in [0.25, 0.3) is 0 Å². The molecule has 0 aliphatic carbocycles. The number of nitrogens with one attached hydrogen (secondary N) is 1. The molecule has 6 nitrogen and oxygen atoms in total. The van der Waals surface area contributed by atoms with Crippen LogP contribution in [-0.4, -0.2) is 19.5 Å². The average molecular weight is 385 g/mol. The molecule has 0 radical (unpaired) electrons. The quantitative estimate of drug-likeness (QED) is 0.684. The molecule has 0 aliphatic heterocycles. The third-order valence-corrected chi connectivity index (χ3v) is 4.88. The third kappa shape index (κ3) is 3.85. The van der Waals surface area contributed by atoms with Crippen molar-refractivity contribution >= 4 is 37.6 Å². The molecule has 0 bridgehead atoms. The van der Waals surface area contributed by atoms with E-state index in [0.717, 1.165) is 0 Å². The highest BCUT2D eigenvalue weighted by Gasteiger charge is 2.17. The van der Waals surface area contributed by atoms with Crippen molar-refractivity contribution in [3.63, 3.8) is 0 Å². The first-order chi connectivity index (χ1) is 10.3. The molecule has 0 amide bonds. The second-order valence-corrected chi connectivity index (χ2v) is 7.16. The van der Waals surface area contributed by atoms with Crippen molar-refractivity contribution in [1.82, 2.24) is 4.72 Å². The first-order valence-corrected chi connectivity index (χ1v) is 8.44. The number of anilines is 1. The molecule has 0 spiro atoms. The molecule has 0 saturated heterocycles. The van der Waals surface area contributed by atoms with Gasteiger partial charge in [0.2, 0.25) is 10.0 Å². The third-order valence-electron chi connectivity index (χ3n) is 2.93. The molecule has 22 heavy (non-hydrogen) atoms. The van der Waals surface area contributed by atoms with Gasteiger partial charge in [-0.05, 0) is 35.9 Å². The van der Waals surface area contributed by atoms with Crippen LogP contribution in [0.4, 0.5) is 5.69 Å². The average Bonchev–Trinajstić information content (AvgIpc) is 2.48. The van der Waals surface area contributed by atoms with E-state index in [1.54, 1.807) is 18.2 Å². The molecule has 4 N–H and O–H groups in total. The van der Waals surface area contributed by atoms with Gasteiger partial charge >= 0.3 is 5.97 Å². The predicted octanol–water partition coefficient (Wildman–Crippen LogP) is 2.21. The van der Waals surface area contributed by atoms with E-state index < -0.39 is 16.0 Å². The number of hydrogen-bond donors (Lipinski definition) is 3. The summed E-state index contributed by atoms with van der Waals surface area (Å²) < 4.78 is 27.5. The van der Waals surface area contributed by atoms with Crippen LogP contribution in [0.1, 0.15) is 15.9 Å². The number of sulfonamides is 1. The summed E-state index contributed by atoms with van der Waals surface area (Å²) in [7, 11) is -3.76. The van der Waals surface area contributed by atoms with Crippen molar-refractivity contribution in [2.45, 2.75) is 11.4 Å². The van der Waals surface area contributed by atoms with E-state index in [0.29, 0.717) is 10.0 Å². The van der Waals surface area contributed by atoms with Crippen molar-refractivity contribution in [1.29, 1.82) is 0 Å². The van der Waals surface area contributed by atoms with E-state index in [1.807, 2.05) is 0 Å². The second-order valence-electron chi connectivity index (χ2n) is 4.51. The van der Waals surface area contributed by atoms with Crippen LogP contribution in [0.5, 0.6) is 0 Å². The second kappa shape index (κ2) is 6.47. The summed E-state index contributed by atoms with van der Waals surface area (Å²) in [4.78, 5) is 10.7. The topological polar surface area (TPSA) is 109 Å². The molecule has 2 aromatic rings. The normalized spacial score (nSPS) is 11.3. The lowest BCUT2D eigenvalue weighted by molar-refractivity contribution is 0.0697. The Labute approximate surface area is 136 Å². The Kier molecular flexibility index (Phi) is 4.84. The van der Waals surface area contributed by atoms with Crippen molar-refractivity contribution < 1.29 is 18.3 Å². The minimum Gasteiger partial charge on any atom is -0.478 e. The fourth-order valence-corrected chi connectivity index (χ4v) is 3.45. The fourth-order valence-electron chi connectivity index (χ4n) is 1.76. The minimum absolute atomic E-state index is 0.0102. The molecule has 0 aliphatic rings. The van der Waals surface area contributed by atoms with Crippen molar-refractivity contribution in [3.05, 3.63) is 58.1 Å². The predicted molar refractivity (Wildman–Crippen MR) is 86.0 cm³/mol. The van der Waals surface area contributed by atoms with Crippen LogP contribution in [-0.2, 0) is 16.6 Å². The first kappa shape index (κ1) is 16.5. The van der Waals surface area contributed by atoms with Gasteiger partial charge in [0.15, 0.2) is 0 Å². The Morgan fingerprint density at radius 3 is 2.41 bits per heavy atom. The lowest BCUT2D eigenvalue weighted by atomic mass is 10.1. The molecule has 0 fully saturated rings. The fraction of sp³-hybridized carbons (Fsp3) is 0.0714. The zero-order chi connectivity index (χ0) is 16.3. The maximum Gasteiger partial charge on any atom is 0.335 e. The zero-order valence-electron chi connectivity index (χ0n) is 11.3. The number of carboxylic acids is 1. The summed E-state index contributed by atoms with van der Waals surface area (Å²) in [6.07, 6.45) is 0. The van der Waals surface area contributed by atoms with Crippen molar-refractivity contribution in [2.24, 2.45) is 0 Å². The molecule has 0 saturated carbocycles. The maximum absolute atomic E-state index is 12.2. The van der Waals surface area contributed by atoms with Crippen LogP contribution in [0.3, 0.4) is 0 Å². The number of aromatic carboxylic acids is 1. The van der Waals surface area contributed by atoms with Gasteiger partial charge in [-0.25, -0.2) is 17.9 Å². The monoisotopic (exact) mass is 384 g/mol. The molecule has 0 aromatic heterocycles. The Morgan fingerprint density at radius 2 is 1.82 bits per heavy atom. The van der Waals surface area contributed by atoms with Gasteiger partial charge in [0.1, 0.15) is 4.90 Å². The van der Waals surface area contributed by atoms with Crippen LogP contribution in [0.2, 0.25) is 0 Å². The molecular weight excluding hydrogens is 372 g/mol. The molecule has 0 unspecified atom stereocenters. The van der Waals surface area contributed by atoms with Crippen LogP contribution in [0, 0.1) is 0 Å². The Morgan fingerprint density at radius 1 is 1.18 bits per heavy atom. The highest BCUT2D eigenvalue weighted by molar-refractivity contribution is 9.10. The van der Waals surface area contributed by atoms with Gasteiger partial charge in [0, 0.05) is 11.0 Å². The van der Waals surface area contributed by atoms with E-state index in [-0.39, 0.29) is 22.7 Å². The van der Waals surface area contributed by atoms with Gasteiger partial charge in [-0.2, -0.15) is 0 Å². The van der Waals surface area contributed by atoms with E-state index in [9.17, 15) is 13.2 Å². The molecule has 8 heteroatoms. The zero-order valence-corrected chi connectivity index (χ0v) is 13.7. The van der Waals surface area contributed by atoms with Gasteiger partial charge in [0.05, 0.1) is 11.3 Å². The molecule has 116 valence electrons. The molecule has 2 rings (SSSR count). The first-order valence-electron chi connectivity index (χ1n) is 6.16. The number of rotatable bonds is 5. The Bertz CT molecular complexity index is 804.